The molecule has 0 fully saturated rings. The highest BCUT2D eigenvalue weighted by molar-refractivity contribution is 6.29. The van der Waals surface area contributed by atoms with Crippen molar-refractivity contribution in [2.75, 3.05) is 0 Å². The molecular weight excluding hydrogens is 641 g/mol. The van der Waals surface area contributed by atoms with Crippen LogP contribution in [0.4, 0.5) is 0 Å². The van der Waals surface area contributed by atoms with Gasteiger partial charge >= 0.3 is 0 Å². The highest BCUT2D eigenvalue weighted by atomic mass is 16.3. The van der Waals surface area contributed by atoms with Gasteiger partial charge in [0.1, 0.15) is 11.2 Å². The van der Waals surface area contributed by atoms with Crippen molar-refractivity contribution < 1.29 is 4.42 Å². The Kier molecular flexibility index (Phi) is 5.17. The molecule has 0 atom stereocenters. The van der Waals surface area contributed by atoms with E-state index in [2.05, 4.69) is 170 Å². The lowest BCUT2D eigenvalue weighted by molar-refractivity contribution is 0.671. The van der Waals surface area contributed by atoms with Crippen molar-refractivity contribution >= 4 is 108 Å². The number of hydrogen-bond acceptors (Lipinski definition) is 1. The fourth-order valence-corrected chi connectivity index (χ4v) is 9.69. The summed E-state index contributed by atoms with van der Waals surface area (Å²) in [6.07, 6.45) is 0. The van der Waals surface area contributed by atoms with E-state index in [1.165, 1.54) is 103 Å². The van der Waals surface area contributed by atoms with Crippen molar-refractivity contribution in [1.82, 2.24) is 0 Å². The first kappa shape index (κ1) is 27.7. The number of fused-ring (bicyclic) bond motifs is 5. The molecular formula is C52H28O. The van der Waals surface area contributed by atoms with Gasteiger partial charge in [-0.1, -0.05) is 146 Å². The maximum atomic E-state index is 6.98. The fraction of sp³-hybridized carbons (Fsp3) is 0. The molecule has 0 spiro atoms. The summed E-state index contributed by atoms with van der Waals surface area (Å²) in [5.74, 6) is 0. The Morgan fingerprint density at radius 2 is 0.774 bits per heavy atom. The molecule has 0 amide bonds. The smallest absolute Gasteiger partial charge is 0.143 e. The molecule has 1 aromatic heterocycles. The van der Waals surface area contributed by atoms with Crippen molar-refractivity contribution in [3.05, 3.63) is 170 Å². The van der Waals surface area contributed by atoms with Gasteiger partial charge in [0, 0.05) is 16.3 Å². The Morgan fingerprint density at radius 1 is 0.283 bits per heavy atom. The Labute approximate surface area is 303 Å². The summed E-state index contributed by atoms with van der Waals surface area (Å²) < 4.78 is 6.98. The molecule has 0 saturated heterocycles. The quantitative estimate of drug-likeness (QED) is 0.167. The zero-order chi connectivity index (χ0) is 34.4. The number of furan rings is 1. The van der Waals surface area contributed by atoms with E-state index in [9.17, 15) is 0 Å². The molecule has 242 valence electrons. The summed E-state index contributed by atoms with van der Waals surface area (Å²) in [5, 5.41) is 22.6. The molecule has 0 bridgehead atoms. The largest absolute Gasteiger partial charge is 0.455 e. The third-order valence-electron chi connectivity index (χ3n) is 12.1. The molecule has 12 aromatic carbocycles. The third-order valence-corrected chi connectivity index (χ3v) is 12.1. The Balaban J connectivity index is 1.15. The van der Waals surface area contributed by atoms with E-state index in [4.69, 9.17) is 4.42 Å². The van der Waals surface area contributed by atoms with Crippen LogP contribution in [-0.2, 0) is 0 Å². The summed E-state index contributed by atoms with van der Waals surface area (Å²) in [7, 11) is 0. The first-order chi connectivity index (χ1) is 26.2. The van der Waals surface area contributed by atoms with Crippen LogP contribution in [0.25, 0.3) is 130 Å². The summed E-state index contributed by atoms with van der Waals surface area (Å²) in [4.78, 5) is 0. The maximum absolute atomic E-state index is 6.98. The van der Waals surface area contributed by atoms with Crippen LogP contribution in [-0.4, -0.2) is 0 Å². The lowest BCUT2D eigenvalue weighted by atomic mass is 9.86. The molecule has 0 aliphatic carbocycles. The van der Waals surface area contributed by atoms with Crippen LogP contribution >= 0.6 is 0 Å². The molecule has 1 nitrogen and oxygen atoms in total. The first-order valence-electron chi connectivity index (χ1n) is 18.4. The van der Waals surface area contributed by atoms with E-state index in [1.54, 1.807) is 0 Å². The topological polar surface area (TPSA) is 13.1 Å². The van der Waals surface area contributed by atoms with Gasteiger partial charge in [-0.2, -0.15) is 0 Å². The van der Waals surface area contributed by atoms with Gasteiger partial charge < -0.3 is 4.42 Å². The predicted molar refractivity (Wildman–Crippen MR) is 227 cm³/mol. The van der Waals surface area contributed by atoms with E-state index in [0.717, 1.165) is 27.5 Å². The van der Waals surface area contributed by atoms with Crippen LogP contribution in [0, 0.1) is 0 Å². The SMILES string of the molecule is c1ccc2cc3c(cc2c1)oc1c(-c2ccc4ccc5cccc6ccc2c4c56)c2ccc(-c4ccc5ccc6cccc7ccc4c5c67)cc2cc13. The van der Waals surface area contributed by atoms with Gasteiger partial charge in [-0.15, -0.1) is 0 Å². The van der Waals surface area contributed by atoms with E-state index in [1.807, 2.05) is 0 Å². The maximum Gasteiger partial charge on any atom is 0.143 e. The monoisotopic (exact) mass is 668 g/mol. The Bertz CT molecular complexity index is 3640. The molecule has 53 heavy (non-hydrogen) atoms. The average molecular weight is 669 g/mol. The van der Waals surface area contributed by atoms with E-state index in [-0.39, 0.29) is 0 Å². The normalized spacial score (nSPS) is 12.5. The van der Waals surface area contributed by atoms with Gasteiger partial charge in [-0.05, 0) is 127 Å². The molecule has 0 radical (unpaired) electrons. The third kappa shape index (κ3) is 3.66. The number of benzene rings is 12. The molecule has 0 saturated carbocycles. The molecule has 0 unspecified atom stereocenters. The van der Waals surface area contributed by atoms with Gasteiger partial charge in [0.25, 0.3) is 0 Å². The average Bonchev–Trinajstić information content (AvgIpc) is 3.56. The van der Waals surface area contributed by atoms with Gasteiger partial charge in [0.05, 0.1) is 0 Å². The summed E-state index contributed by atoms with van der Waals surface area (Å²) in [6.45, 7) is 0. The standard InChI is InChI=1S/C52H28O/c1-2-6-36-28-46-44(26-35(36)5-1)45-27-38-25-37(39-20-15-33-13-11-29-7-3-9-31-16-22-41(39)49(33)47(29)31)19-21-40(38)51(52(45)53-46)43-24-18-34-14-12-30-8-4-10-32-17-23-42(43)50(34)48(30)32/h1-28H. The minimum atomic E-state index is 0.917. The van der Waals surface area contributed by atoms with Crippen molar-refractivity contribution in [1.29, 1.82) is 0 Å². The highest BCUT2D eigenvalue weighted by Crippen LogP contribution is 2.48. The molecule has 0 N–H and O–H groups in total. The van der Waals surface area contributed by atoms with E-state index >= 15 is 0 Å². The van der Waals surface area contributed by atoms with Gasteiger partial charge in [0.2, 0.25) is 0 Å². The minimum Gasteiger partial charge on any atom is -0.455 e. The molecule has 13 aromatic rings. The van der Waals surface area contributed by atoms with Crippen LogP contribution in [0.5, 0.6) is 0 Å². The zero-order valence-corrected chi connectivity index (χ0v) is 28.6. The summed E-state index contributed by atoms with van der Waals surface area (Å²) in [6, 6.07) is 63.2. The van der Waals surface area contributed by atoms with Crippen molar-refractivity contribution in [2.45, 2.75) is 0 Å². The molecule has 13 rings (SSSR count). The molecule has 0 aliphatic heterocycles. The predicted octanol–water partition coefficient (Wildman–Crippen LogP) is 15.0. The van der Waals surface area contributed by atoms with Crippen LogP contribution in [0.2, 0.25) is 0 Å². The first-order valence-corrected chi connectivity index (χ1v) is 18.4. The Morgan fingerprint density at radius 3 is 1.43 bits per heavy atom. The van der Waals surface area contributed by atoms with E-state index in [0.29, 0.717) is 0 Å². The second-order valence-electron chi connectivity index (χ2n) is 14.8. The highest BCUT2D eigenvalue weighted by Gasteiger charge is 2.21. The number of rotatable bonds is 2. The molecule has 1 heterocycles. The Hall–Kier alpha value is -6.96. The minimum absolute atomic E-state index is 0.917. The fourth-order valence-electron chi connectivity index (χ4n) is 9.69. The second-order valence-corrected chi connectivity index (χ2v) is 14.8. The van der Waals surface area contributed by atoms with E-state index < -0.39 is 0 Å². The van der Waals surface area contributed by atoms with Crippen LogP contribution in [0.3, 0.4) is 0 Å². The van der Waals surface area contributed by atoms with Gasteiger partial charge in [-0.25, -0.2) is 0 Å². The van der Waals surface area contributed by atoms with Crippen LogP contribution in [0.15, 0.2) is 174 Å². The van der Waals surface area contributed by atoms with Gasteiger partial charge in [0.15, 0.2) is 0 Å². The lowest BCUT2D eigenvalue weighted by Gasteiger charge is -2.17. The van der Waals surface area contributed by atoms with Gasteiger partial charge in [-0.3, -0.25) is 0 Å². The summed E-state index contributed by atoms with van der Waals surface area (Å²) in [5.41, 5.74) is 6.68. The lowest BCUT2D eigenvalue weighted by Crippen LogP contribution is -1.90. The van der Waals surface area contributed by atoms with Crippen LogP contribution in [0.1, 0.15) is 0 Å². The summed E-state index contributed by atoms with van der Waals surface area (Å²) >= 11 is 0. The second kappa shape index (κ2) is 9.88. The molecule has 0 aliphatic rings. The van der Waals surface area contributed by atoms with Crippen LogP contribution < -0.4 is 0 Å². The van der Waals surface area contributed by atoms with Crippen molar-refractivity contribution in [3.8, 4) is 22.3 Å². The number of hydrogen-bond donors (Lipinski definition) is 0. The molecule has 1 heteroatoms. The zero-order valence-electron chi connectivity index (χ0n) is 28.6. The van der Waals surface area contributed by atoms with Crippen molar-refractivity contribution in [3.63, 3.8) is 0 Å². The van der Waals surface area contributed by atoms with Crippen molar-refractivity contribution in [2.24, 2.45) is 0 Å².